The lowest BCUT2D eigenvalue weighted by Crippen LogP contribution is -2.64. The Balaban J connectivity index is 1.25. The molecule has 2 fully saturated rings. The van der Waals surface area contributed by atoms with Crippen LogP contribution in [0.5, 0.6) is 5.88 Å². The summed E-state index contributed by atoms with van der Waals surface area (Å²) in [4.78, 5) is 38.9. The highest BCUT2D eigenvalue weighted by Crippen LogP contribution is 2.32. The number of carbonyl (C=O) groups excluding carboxylic acids is 2. The fourth-order valence-corrected chi connectivity index (χ4v) is 5.82. The molecule has 1 aromatic carbocycles. The van der Waals surface area contributed by atoms with E-state index in [1.165, 1.54) is 18.2 Å². The van der Waals surface area contributed by atoms with Crippen LogP contribution < -0.4 is 4.74 Å². The van der Waals surface area contributed by atoms with Crippen LogP contribution in [0, 0.1) is 0 Å². The van der Waals surface area contributed by atoms with Gasteiger partial charge in [0.2, 0.25) is 5.88 Å². The number of ketones is 1. The van der Waals surface area contributed by atoms with E-state index in [0.717, 1.165) is 22.6 Å². The number of piperazine rings is 1. The molecule has 2 unspecified atom stereocenters. The molecule has 8 nitrogen and oxygen atoms in total. The van der Waals surface area contributed by atoms with E-state index in [0.29, 0.717) is 24.7 Å². The second-order valence-electron chi connectivity index (χ2n) is 10.3. The Labute approximate surface area is 238 Å². The molecule has 5 heterocycles. The average Bonchev–Trinajstić information content (AvgIpc) is 3.29. The predicted octanol–water partition coefficient (Wildman–Crippen LogP) is 5.05. The van der Waals surface area contributed by atoms with Crippen molar-refractivity contribution in [1.82, 2.24) is 24.2 Å². The van der Waals surface area contributed by atoms with Crippen LogP contribution in [0.3, 0.4) is 0 Å². The SMILES string of the molecule is O=C1CC2CN(Cc3c(-c4ccc(Cl)cc4)nc4ccccn34)CC(C1)N2C(=O)c1cccc(OCC(F)(F)F)n1. The molecule has 2 bridgehead atoms. The average molecular weight is 584 g/mol. The van der Waals surface area contributed by atoms with Crippen LogP contribution in [0.25, 0.3) is 16.9 Å². The number of carbonyl (C=O) groups is 2. The van der Waals surface area contributed by atoms with Crippen molar-refractivity contribution in [3.63, 3.8) is 0 Å². The second-order valence-corrected chi connectivity index (χ2v) is 10.7. The van der Waals surface area contributed by atoms with Gasteiger partial charge in [0.05, 0.1) is 23.5 Å². The molecule has 3 aromatic heterocycles. The van der Waals surface area contributed by atoms with Crippen molar-refractivity contribution in [2.45, 2.75) is 37.6 Å². The van der Waals surface area contributed by atoms with E-state index in [1.54, 1.807) is 4.90 Å². The number of aromatic nitrogens is 3. The molecule has 41 heavy (non-hydrogen) atoms. The van der Waals surface area contributed by atoms with Crippen molar-refractivity contribution in [1.29, 1.82) is 0 Å². The van der Waals surface area contributed by atoms with Gasteiger partial charge in [-0.15, -0.1) is 0 Å². The number of amides is 1. The highest BCUT2D eigenvalue weighted by Gasteiger charge is 2.44. The van der Waals surface area contributed by atoms with Crippen molar-refractivity contribution in [2.75, 3.05) is 19.7 Å². The number of alkyl halides is 3. The van der Waals surface area contributed by atoms with Crippen molar-refractivity contribution in [3.8, 4) is 17.1 Å². The number of pyridine rings is 2. The number of ether oxygens (including phenoxy) is 1. The summed E-state index contributed by atoms with van der Waals surface area (Å²) < 4.78 is 44.6. The first-order valence-corrected chi connectivity index (χ1v) is 13.5. The number of halogens is 4. The summed E-state index contributed by atoms with van der Waals surface area (Å²) in [5.74, 6) is -0.632. The molecule has 212 valence electrons. The van der Waals surface area contributed by atoms with Gasteiger partial charge in [-0.1, -0.05) is 35.9 Å². The summed E-state index contributed by atoms with van der Waals surface area (Å²) in [6.07, 6.45) is -2.18. The molecule has 12 heteroatoms. The summed E-state index contributed by atoms with van der Waals surface area (Å²) in [6.45, 7) is -0.0839. The molecule has 0 spiro atoms. The minimum Gasteiger partial charge on any atom is -0.468 e. The fraction of sp³-hybridized carbons (Fsp3) is 0.310. The van der Waals surface area contributed by atoms with Crippen LogP contribution in [0.4, 0.5) is 13.2 Å². The standard InChI is InChI=1S/C29H25ClF3N5O3/c30-19-9-7-18(8-10-19)27-24(37-11-2-1-5-25(37)35-27)16-36-14-20-12-22(39)13-21(15-36)38(20)28(40)23-4-3-6-26(34-23)41-17-29(31,32)33/h1-11,20-21H,12-17H2. The molecule has 0 aliphatic carbocycles. The number of hydrogen-bond acceptors (Lipinski definition) is 6. The van der Waals surface area contributed by atoms with Crippen LogP contribution in [-0.2, 0) is 11.3 Å². The lowest BCUT2D eigenvalue weighted by atomic mass is 9.89. The predicted molar refractivity (Wildman–Crippen MR) is 145 cm³/mol. The van der Waals surface area contributed by atoms with Crippen LogP contribution in [-0.4, -0.2) is 73.8 Å². The van der Waals surface area contributed by atoms with Gasteiger partial charge >= 0.3 is 6.18 Å². The summed E-state index contributed by atoms with van der Waals surface area (Å²) >= 11 is 6.12. The molecule has 4 aromatic rings. The van der Waals surface area contributed by atoms with Gasteiger partial charge in [0, 0.05) is 55.3 Å². The summed E-state index contributed by atoms with van der Waals surface area (Å²) in [6, 6.07) is 16.7. The normalized spacial score (nSPS) is 19.5. The number of Topliss-reactive ketones (excluding diaryl/α,β-unsaturated/α-hetero) is 1. The van der Waals surface area contributed by atoms with Gasteiger partial charge in [-0.3, -0.25) is 14.5 Å². The third kappa shape index (κ3) is 5.77. The summed E-state index contributed by atoms with van der Waals surface area (Å²) in [5.41, 5.74) is 3.51. The number of likely N-dealkylation sites (tertiary alicyclic amines) is 1. The monoisotopic (exact) mass is 583 g/mol. The van der Waals surface area contributed by atoms with Gasteiger partial charge in [0.1, 0.15) is 17.1 Å². The Morgan fingerprint density at radius 3 is 2.41 bits per heavy atom. The Kier molecular flexibility index (Phi) is 7.16. The number of fused-ring (bicyclic) bond motifs is 3. The smallest absolute Gasteiger partial charge is 0.422 e. The Morgan fingerprint density at radius 2 is 1.71 bits per heavy atom. The van der Waals surface area contributed by atoms with Crippen molar-refractivity contribution >= 4 is 28.9 Å². The van der Waals surface area contributed by atoms with Gasteiger partial charge in [0.15, 0.2) is 6.61 Å². The van der Waals surface area contributed by atoms with E-state index >= 15 is 0 Å². The van der Waals surface area contributed by atoms with Crippen LogP contribution in [0.1, 0.15) is 29.0 Å². The van der Waals surface area contributed by atoms with Gasteiger partial charge in [-0.2, -0.15) is 13.2 Å². The maximum Gasteiger partial charge on any atom is 0.422 e. The highest BCUT2D eigenvalue weighted by atomic mass is 35.5. The third-order valence-electron chi connectivity index (χ3n) is 7.33. The van der Waals surface area contributed by atoms with Gasteiger partial charge in [-0.05, 0) is 30.3 Å². The molecule has 0 saturated carbocycles. The lowest BCUT2D eigenvalue weighted by molar-refractivity contribution is -0.154. The van der Waals surface area contributed by atoms with Crippen molar-refractivity contribution in [2.24, 2.45) is 0 Å². The molecule has 2 aliphatic rings. The molecular formula is C29H25ClF3N5O3. The number of nitrogens with zero attached hydrogens (tertiary/aromatic N) is 5. The Morgan fingerprint density at radius 1 is 0.976 bits per heavy atom. The quantitative estimate of drug-likeness (QED) is 0.316. The first kappa shape index (κ1) is 27.2. The molecule has 2 saturated heterocycles. The number of imidazole rings is 1. The largest absolute Gasteiger partial charge is 0.468 e. The minimum absolute atomic E-state index is 0.0192. The Hall–Kier alpha value is -3.96. The molecule has 2 aliphatic heterocycles. The van der Waals surface area contributed by atoms with E-state index in [9.17, 15) is 22.8 Å². The van der Waals surface area contributed by atoms with E-state index in [-0.39, 0.29) is 30.2 Å². The van der Waals surface area contributed by atoms with Crippen LogP contribution in [0.2, 0.25) is 5.02 Å². The topological polar surface area (TPSA) is 80.0 Å². The maximum atomic E-state index is 13.6. The van der Waals surface area contributed by atoms with E-state index < -0.39 is 30.8 Å². The summed E-state index contributed by atoms with van der Waals surface area (Å²) in [7, 11) is 0. The van der Waals surface area contributed by atoms with Crippen molar-refractivity contribution < 1.29 is 27.5 Å². The van der Waals surface area contributed by atoms with E-state index in [2.05, 4.69) is 9.88 Å². The van der Waals surface area contributed by atoms with Crippen LogP contribution in [0.15, 0.2) is 66.9 Å². The minimum atomic E-state index is -4.52. The molecule has 0 N–H and O–H groups in total. The van der Waals surface area contributed by atoms with Crippen LogP contribution >= 0.6 is 11.6 Å². The first-order chi connectivity index (χ1) is 19.6. The second kappa shape index (κ2) is 10.8. The zero-order chi connectivity index (χ0) is 28.7. The summed E-state index contributed by atoms with van der Waals surface area (Å²) in [5, 5.41) is 0.629. The molecule has 6 rings (SSSR count). The molecule has 1 amide bonds. The van der Waals surface area contributed by atoms with E-state index in [1.807, 2.05) is 53.1 Å². The van der Waals surface area contributed by atoms with Crippen molar-refractivity contribution in [3.05, 3.63) is 83.3 Å². The first-order valence-electron chi connectivity index (χ1n) is 13.1. The molecule has 2 atom stereocenters. The van der Waals surface area contributed by atoms with Gasteiger partial charge in [0.25, 0.3) is 5.91 Å². The maximum absolute atomic E-state index is 13.6. The zero-order valence-electron chi connectivity index (χ0n) is 21.7. The number of hydrogen-bond donors (Lipinski definition) is 0. The third-order valence-corrected chi connectivity index (χ3v) is 7.58. The van der Waals surface area contributed by atoms with E-state index in [4.69, 9.17) is 21.3 Å². The number of rotatable bonds is 6. The lowest BCUT2D eigenvalue weighted by Gasteiger charge is -2.49. The zero-order valence-corrected chi connectivity index (χ0v) is 22.5. The van der Waals surface area contributed by atoms with Gasteiger partial charge < -0.3 is 14.0 Å². The fourth-order valence-electron chi connectivity index (χ4n) is 5.69. The van der Waals surface area contributed by atoms with Gasteiger partial charge in [-0.25, -0.2) is 9.97 Å². The highest BCUT2D eigenvalue weighted by molar-refractivity contribution is 6.30. The Bertz CT molecular complexity index is 1590. The number of piperidine rings is 1. The molecule has 0 radical (unpaired) electrons. The molecular weight excluding hydrogens is 559 g/mol. The number of benzene rings is 1.